The van der Waals surface area contributed by atoms with Crippen molar-refractivity contribution in [1.29, 1.82) is 0 Å². The summed E-state index contributed by atoms with van der Waals surface area (Å²) in [5, 5.41) is 5.09. The van der Waals surface area contributed by atoms with Crippen LogP contribution in [0.1, 0.15) is 29.3 Å². The molecule has 3 aromatic rings. The first-order valence-electron chi connectivity index (χ1n) is 10.1. The highest BCUT2D eigenvalue weighted by Gasteiger charge is 2.34. The summed E-state index contributed by atoms with van der Waals surface area (Å²) in [5.41, 5.74) is -0.481. The number of thioether (sulfide) groups is 1. The molecule has 3 rings (SSSR count). The van der Waals surface area contributed by atoms with Gasteiger partial charge in [0.2, 0.25) is 5.91 Å². The van der Waals surface area contributed by atoms with Gasteiger partial charge in [-0.25, -0.2) is 0 Å². The minimum absolute atomic E-state index is 0.206. The molecule has 0 saturated carbocycles. The Morgan fingerprint density at radius 3 is 2.38 bits per heavy atom. The predicted molar refractivity (Wildman–Crippen MR) is 131 cm³/mol. The van der Waals surface area contributed by atoms with Crippen molar-refractivity contribution in [3.05, 3.63) is 87.9 Å². The van der Waals surface area contributed by atoms with Gasteiger partial charge in [0.25, 0.3) is 5.91 Å². The van der Waals surface area contributed by atoms with Crippen LogP contribution >= 0.6 is 35.0 Å². The highest BCUT2D eigenvalue weighted by molar-refractivity contribution is 8.00. The van der Waals surface area contributed by atoms with E-state index in [-0.39, 0.29) is 16.3 Å². The maximum atomic E-state index is 13.2. The summed E-state index contributed by atoms with van der Waals surface area (Å²) in [6.07, 6.45) is -4.21. The molecular formula is C24H19Cl2F3N2O2S. The third-order valence-electron chi connectivity index (χ3n) is 4.70. The zero-order chi connectivity index (χ0) is 24.9. The fourth-order valence-electron chi connectivity index (χ4n) is 3.06. The Labute approximate surface area is 208 Å². The number of rotatable bonds is 7. The van der Waals surface area contributed by atoms with Crippen molar-refractivity contribution >= 4 is 58.2 Å². The number of hydrogen-bond donors (Lipinski definition) is 2. The van der Waals surface area contributed by atoms with Crippen molar-refractivity contribution in [2.24, 2.45) is 0 Å². The molecule has 0 aliphatic rings. The lowest BCUT2D eigenvalue weighted by atomic mass is 10.1. The first kappa shape index (κ1) is 25.9. The molecule has 0 aromatic heterocycles. The molecule has 0 spiro atoms. The van der Waals surface area contributed by atoms with E-state index in [9.17, 15) is 22.8 Å². The third kappa shape index (κ3) is 6.68. The van der Waals surface area contributed by atoms with Crippen molar-refractivity contribution in [3.8, 4) is 0 Å². The van der Waals surface area contributed by atoms with Crippen molar-refractivity contribution in [1.82, 2.24) is 0 Å². The van der Waals surface area contributed by atoms with Crippen LogP contribution in [0.4, 0.5) is 24.5 Å². The summed E-state index contributed by atoms with van der Waals surface area (Å²) in [6.45, 7) is 1.76. The molecule has 0 bridgehead atoms. The minimum Gasteiger partial charge on any atom is -0.325 e. The average molecular weight is 527 g/mol. The molecule has 3 aromatic carbocycles. The number of alkyl halides is 3. The van der Waals surface area contributed by atoms with E-state index in [0.29, 0.717) is 22.0 Å². The summed E-state index contributed by atoms with van der Waals surface area (Å²) in [7, 11) is 0. The van der Waals surface area contributed by atoms with E-state index >= 15 is 0 Å². The first-order chi connectivity index (χ1) is 16.1. The van der Waals surface area contributed by atoms with Gasteiger partial charge >= 0.3 is 6.18 Å². The van der Waals surface area contributed by atoms with Crippen LogP contribution in [0.3, 0.4) is 0 Å². The van der Waals surface area contributed by atoms with E-state index < -0.39 is 28.8 Å². The maximum absolute atomic E-state index is 13.2. The van der Waals surface area contributed by atoms with Gasteiger partial charge in [0.1, 0.15) is 0 Å². The number of amides is 2. The minimum atomic E-state index is -4.59. The molecule has 34 heavy (non-hydrogen) atoms. The molecule has 0 saturated heterocycles. The monoisotopic (exact) mass is 526 g/mol. The van der Waals surface area contributed by atoms with Crippen LogP contribution in [0.5, 0.6) is 0 Å². The van der Waals surface area contributed by atoms with E-state index in [1.165, 1.54) is 42.1 Å². The van der Waals surface area contributed by atoms with Gasteiger partial charge in [0.05, 0.1) is 27.1 Å². The second kappa shape index (κ2) is 11.2. The molecule has 178 valence electrons. The van der Waals surface area contributed by atoms with Crippen LogP contribution in [0, 0.1) is 0 Å². The number of carbonyl (C=O) groups is 2. The van der Waals surface area contributed by atoms with Crippen LogP contribution in [0.15, 0.2) is 71.6 Å². The SMILES string of the molecule is CCC(Sc1cccc(NC(=O)c2ccc(Cl)cc2Cl)c1)C(=O)Nc1ccccc1C(F)(F)F. The number of carbonyl (C=O) groups excluding carboxylic acids is 2. The molecule has 2 N–H and O–H groups in total. The van der Waals surface area contributed by atoms with Crippen LogP contribution < -0.4 is 10.6 Å². The molecule has 0 aliphatic carbocycles. The van der Waals surface area contributed by atoms with Crippen LogP contribution in [-0.2, 0) is 11.0 Å². The lowest BCUT2D eigenvalue weighted by molar-refractivity contribution is -0.137. The van der Waals surface area contributed by atoms with Gasteiger partial charge in [-0.2, -0.15) is 13.2 Å². The topological polar surface area (TPSA) is 58.2 Å². The van der Waals surface area contributed by atoms with Gasteiger partial charge in [0.15, 0.2) is 0 Å². The zero-order valence-electron chi connectivity index (χ0n) is 17.7. The summed E-state index contributed by atoms with van der Waals surface area (Å²) in [4.78, 5) is 26.0. The molecule has 4 nitrogen and oxygen atoms in total. The number of nitrogens with one attached hydrogen (secondary N) is 2. The molecule has 0 fully saturated rings. The second-order valence-electron chi connectivity index (χ2n) is 7.15. The molecule has 2 amide bonds. The Kier molecular flexibility index (Phi) is 8.52. The van der Waals surface area contributed by atoms with Gasteiger partial charge in [-0.1, -0.05) is 48.3 Å². The molecule has 1 unspecified atom stereocenters. The van der Waals surface area contributed by atoms with Gasteiger partial charge in [-0.05, 0) is 55.0 Å². The zero-order valence-corrected chi connectivity index (χ0v) is 20.1. The molecular weight excluding hydrogens is 508 g/mol. The van der Waals surface area contributed by atoms with Crippen molar-refractivity contribution in [2.45, 2.75) is 29.7 Å². The quantitative estimate of drug-likeness (QED) is 0.309. The lowest BCUT2D eigenvalue weighted by Crippen LogP contribution is -2.26. The van der Waals surface area contributed by atoms with E-state index in [1.54, 1.807) is 37.3 Å². The summed E-state index contributed by atoms with van der Waals surface area (Å²) < 4.78 is 39.7. The van der Waals surface area contributed by atoms with E-state index in [1.807, 2.05) is 0 Å². The predicted octanol–water partition coefficient (Wildman–Crippen LogP) is 7.77. The highest BCUT2D eigenvalue weighted by Crippen LogP contribution is 2.35. The molecule has 0 aliphatic heterocycles. The summed E-state index contributed by atoms with van der Waals surface area (Å²) >= 11 is 13.1. The fourth-order valence-corrected chi connectivity index (χ4v) is 4.57. The number of halogens is 5. The Hall–Kier alpha value is -2.68. The largest absolute Gasteiger partial charge is 0.418 e. The Bertz CT molecular complexity index is 1200. The van der Waals surface area contributed by atoms with Gasteiger partial charge in [-0.3, -0.25) is 9.59 Å². The second-order valence-corrected chi connectivity index (χ2v) is 9.27. The lowest BCUT2D eigenvalue weighted by Gasteiger charge is -2.18. The number of hydrogen-bond acceptors (Lipinski definition) is 3. The standard InChI is InChI=1S/C24H19Cl2F3N2O2S/c1-2-21(23(33)31-20-9-4-3-8-18(20)24(27,28)29)34-16-7-5-6-15(13-16)30-22(32)17-11-10-14(25)12-19(17)26/h3-13,21H,2H2,1H3,(H,30,32)(H,31,33). The van der Waals surface area contributed by atoms with Gasteiger partial charge in [0, 0.05) is 15.6 Å². The number of benzene rings is 3. The normalized spacial score (nSPS) is 12.2. The third-order valence-corrected chi connectivity index (χ3v) is 6.61. The molecule has 0 heterocycles. The van der Waals surface area contributed by atoms with Crippen molar-refractivity contribution < 1.29 is 22.8 Å². The van der Waals surface area contributed by atoms with E-state index in [4.69, 9.17) is 23.2 Å². The smallest absolute Gasteiger partial charge is 0.325 e. The first-order valence-corrected chi connectivity index (χ1v) is 11.7. The van der Waals surface area contributed by atoms with Gasteiger partial charge < -0.3 is 10.6 Å². The molecule has 10 heteroatoms. The van der Waals surface area contributed by atoms with Crippen LogP contribution in [0.2, 0.25) is 10.0 Å². The van der Waals surface area contributed by atoms with Gasteiger partial charge in [-0.15, -0.1) is 11.8 Å². The van der Waals surface area contributed by atoms with Crippen molar-refractivity contribution in [2.75, 3.05) is 10.6 Å². The van der Waals surface area contributed by atoms with Crippen LogP contribution in [0.25, 0.3) is 0 Å². The number of anilines is 2. The number of para-hydroxylation sites is 1. The Morgan fingerprint density at radius 2 is 1.71 bits per heavy atom. The summed E-state index contributed by atoms with van der Waals surface area (Å²) in [5.74, 6) is -0.982. The Balaban J connectivity index is 1.72. The molecule has 0 radical (unpaired) electrons. The maximum Gasteiger partial charge on any atom is 0.418 e. The molecule has 1 atom stereocenters. The Morgan fingerprint density at radius 1 is 0.971 bits per heavy atom. The van der Waals surface area contributed by atoms with E-state index in [0.717, 1.165) is 6.07 Å². The van der Waals surface area contributed by atoms with Crippen molar-refractivity contribution in [3.63, 3.8) is 0 Å². The van der Waals surface area contributed by atoms with Crippen LogP contribution in [-0.4, -0.2) is 17.1 Å². The summed E-state index contributed by atoms with van der Waals surface area (Å²) in [6, 6.07) is 16.1. The average Bonchev–Trinajstić information content (AvgIpc) is 2.77. The highest BCUT2D eigenvalue weighted by atomic mass is 35.5. The van der Waals surface area contributed by atoms with E-state index in [2.05, 4.69) is 10.6 Å². The fraction of sp³-hybridized carbons (Fsp3) is 0.167.